The number of carbonyl (C=O) groups excluding carboxylic acids is 1. The molecule has 0 unspecified atom stereocenters. The lowest BCUT2D eigenvalue weighted by atomic mass is 10.2. The Hall–Kier alpha value is -3.33. The number of halogens is 4. The van der Waals surface area contributed by atoms with E-state index < -0.39 is 11.7 Å². The van der Waals surface area contributed by atoms with Gasteiger partial charge in [0.25, 0.3) is 5.91 Å². The van der Waals surface area contributed by atoms with Crippen LogP contribution in [-0.2, 0) is 12.7 Å². The average molecular weight is 436 g/mol. The highest BCUT2D eigenvalue weighted by molar-refractivity contribution is 6.31. The number of nitrogens with zero attached hydrogens (tertiary/aromatic N) is 2. The number of amides is 1. The molecule has 1 amide bonds. The Morgan fingerprint density at radius 3 is 2.43 bits per heavy atom. The summed E-state index contributed by atoms with van der Waals surface area (Å²) in [5, 5.41) is 8.45. The molecule has 0 fully saturated rings. The van der Waals surface area contributed by atoms with Crippen LogP contribution in [0, 0.1) is 0 Å². The van der Waals surface area contributed by atoms with E-state index in [1.807, 2.05) is 0 Å². The number of rotatable bonds is 6. The zero-order valence-electron chi connectivity index (χ0n) is 15.7. The number of anilines is 3. The van der Waals surface area contributed by atoms with Crippen LogP contribution >= 0.6 is 11.6 Å². The van der Waals surface area contributed by atoms with E-state index in [1.165, 1.54) is 7.05 Å². The highest BCUT2D eigenvalue weighted by Crippen LogP contribution is 2.34. The second kappa shape index (κ2) is 9.00. The largest absolute Gasteiger partial charge is 0.421 e. The molecule has 10 heteroatoms. The van der Waals surface area contributed by atoms with Gasteiger partial charge < -0.3 is 16.0 Å². The smallest absolute Gasteiger partial charge is 0.365 e. The van der Waals surface area contributed by atoms with Gasteiger partial charge in [0.05, 0.1) is 0 Å². The number of alkyl halides is 3. The molecule has 3 rings (SSSR count). The second-order valence-corrected chi connectivity index (χ2v) is 6.59. The SMILES string of the molecule is CNC(=O)c1ccc(Nc2ncc(C(F)(F)F)c(NCc3ccccc3Cl)n2)cc1. The van der Waals surface area contributed by atoms with Crippen LogP contribution in [0.3, 0.4) is 0 Å². The highest BCUT2D eigenvalue weighted by atomic mass is 35.5. The van der Waals surface area contributed by atoms with Crippen molar-refractivity contribution in [2.45, 2.75) is 12.7 Å². The molecule has 3 N–H and O–H groups in total. The fourth-order valence-corrected chi connectivity index (χ4v) is 2.79. The molecule has 0 saturated carbocycles. The number of hydrogen-bond donors (Lipinski definition) is 3. The third kappa shape index (κ3) is 5.18. The van der Waals surface area contributed by atoms with Crippen LogP contribution in [0.15, 0.2) is 54.7 Å². The fraction of sp³-hybridized carbons (Fsp3) is 0.150. The minimum absolute atomic E-state index is 0.0302. The summed E-state index contributed by atoms with van der Waals surface area (Å²) >= 11 is 6.07. The van der Waals surface area contributed by atoms with Crippen LogP contribution < -0.4 is 16.0 Å². The summed E-state index contributed by atoms with van der Waals surface area (Å²) in [4.78, 5) is 19.3. The van der Waals surface area contributed by atoms with Crippen molar-refractivity contribution in [2.24, 2.45) is 0 Å². The number of aromatic nitrogens is 2. The molecule has 0 aliphatic carbocycles. The number of nitrogens with one attached hydrogen (secondary N) is 3. The van der Waals surface area contributed by atoms with Crippen molar-refractivity contribution in [1.29, 1.82) is 0 Å². The molecule has 6 nitrogen and oxygen atoms in total. The molecule has 0 atom stereocenters. The van der Waals surface area contributed by atoms with Crippen molar-refractivity contribution in [1.82, 2.24) is 15.3 Å². The minimum atomic E-state index is -4.63. The maximum Gasteiger partial charge on any atom is 0.421 e. The van der Waals surface area contributed by atoms with Crippen LogP contribution in [0.1, 0.15) is 21.5 Å². The van der Waals surface area contributed by atoms with E-state index in [1.54, 1.807) is 48.5 Å². The van der Waals surface area contributed by atoms with Gasteiger partial charge in [0.15, 0.2) is 0 Å². The molecule has 1 aromatic heterocycles. The first-order valence-corrected chi connectivity index (χ1v) is 9.16. The molecule has 0 spiro atoms. The zero-order chi connectivity index (χ0) is 21.7. The second-order valence-electron chi connectivity index (χ2n) is 6.18. The van der Waals surface area contributed by atoms with Gasteiger partial charge >= 0.3 is 6.18 Å². The Balaban J connectivity index is 1.83. The summed E-state index contributed by atoms with van der Waals surface area (Å²) in [6, 6.07) is 13.2. The summed E-state index contributed by atoms with van der Waals surface area (Å²) in [7, 11) is 1.52. The van der Waals surface area contributed by atoms with E-state index in [-0.39, 0.29) is 24.2 Å². The van der Waals surface area contributed by atoms with Crippen molar-refractivity contribution in [3.63, 3.8) is 0 Å². The fourth-order valence-electron chi connectivity index (χ4n) is 2.58. The third-order valence-electron chi connectivity index (χ3n) is 4.13. The monoisotopic (exact) mass is 435 g/mol. The first-order chi connectivity index (χ1) is 14.3. The Morgan fingerprint density at radius 2 is 1.80 bits per heavy atom. The first-order valence-electron chi connectivity index (χ1n) is 8.78. The van der Waals surface area contributed by atoms with E-state index in [0.29, 0.717) is 28.0 Å². The van der Waals surface area contributed by atoms with E-state index in [2.05, 4.69) is 25.9 Å². The maximum absolute atomic E-state index is 13.4. The van der Waals surface area contributed by atoms with Gasteiger partial charge in [-0.2, -0.15) is 18.2 Å². The minimum Gasteiger partial charge on any atom is -0.365 e. The van der Waals surface area contributed by atoms with Gasteiger partial charge in [-0.15, -0.1) is 0 Å². The van der Waals surface area contributed by atoms with Crippen LogP contribution in [0.5, 0.6) is 0 Å². The number of carbonyl (C=O) groups is 1. The Bertz CT molecular complexity index is 1040. The van der Waals surface area contributed by atoms with Gasteiger partial charge in [-0.05, 0) is 35.9 Å². The Kier molecular flexibility index (Phi) is 6.41. The van der Waals surface area contributed by atoms with E-state index in [4.69, 9.17) is 11.6 Å². The summed E-state index contributed by atoms with van der Waals surface area (Å²) in [5.41, 5.74) is 0.596. The molecule has 0 bridgehead atoms. The standard InChI is InChI=1S/C20H17ClF3N5O/c1-25-18(30)12-6-8-14(9-7-12)28-19-27-11-15(20(22,23)24)17(29-19)26-10-13-4-2-3-5-16(13)21/h2-9,11H,10H2,1H3,(H,25,30)(H2,26,27,28,29). The lowest BCUT2D eigenvalue weighted by Crippen LogP contribution is -2.17. The quantitative estimate of drug-likeness (QED) is 0.515. The highest BCUT2D eigenvalue weighted by Gasteiger charge is 2.35. The van der Waals surface area contributed by atoms with Gasteiger partial charge in [0.2, 0.25) is 5.95 Å². The molecule has 3 aromatic rings. The van der Waals surface area contributed by atoms with Crippen molar-refractivity contribution in [2.75, 3.05) is 17.7 Å². The van der Waals surface area contributed by atoms with Crippen molar-refractivity contribution < 1.29 is 18.0 Å². The van der Waals surface area contributed by atoms with E-state index >= 15 is 0 Å². The molecule has 0 aliphatic heterocycles. The van der Waals surface area contributed by atoms with Crippen molar-refractivity contribution in [3.8, 4) is 0 Å². The van der Waals surface area contributed by atoms with Crippen LogP contribution in [0.2, 0.25) is 5.02 Å². The summed E-state index contributed by atoms with van der Waals surface area (Å²) in [6.07, 6.45) is -3.92. The molecule has 156 valence electrons. The lowest BCUT2D eigenvalue weighted by Gasteiger charge is -2.15. The molecule has 0 radical (unpaired) electrons. The maximum atomic E-state index is 13.4. The molecule has 2 aromatic carbocycles. The molecular weight excluding hydrogens is 419 g/mol. The lowest BCUT2D eigenvalue weighted by molar-refractivity contribution is -0.137. The van der Waals surface area contributed by atoms with Crippen LogP contribution in [0.25, 0.3) is 0 Å². The normalized spacial score (nSPS) is 11.1. The third-order valence-corrected chi connectivity index (χ3v) is 4.50. The molecular formula is C20H17ClF3N5O. The van der Waals surface area contributed by atoms with Crippen molar-refractivity contribution >= 4 is 35.0 Å². The Morgan fingerprint density at radius 1 is 1.10 bits per heavy atom. The molecule has 30 heavy (non-hydrogen) atoms. The van der Waals surface area contributed by atoms with Gasteiger partial charge in [0.1, 0.15) is 11.4 Å². The van der Waals surface area contributed by atoms with Crippen LogP contribution in [-0.4, -0.2) is 22.9 Å². The van der Waals surface area contributed by atoms with E-state index in [9.17, 15) is 18.0 Å². The van der Waals surface area contributed by atoms with Gasteiger partial charge in [-0.25, -0.2) is 4.98 Å². The van der Waals surface area contributed by atoms with Gasteiger partial charge in [0, 0.05) is 36.1 Å². The summed E-state index contributed by atoms with van der Waals surface area (Å²) in [6.45, 7) is 0.0556. The van der Waals surface area contributed by atoms with E-state index in [0.717, 1.165) is 0 Å². The molecule has 0 aliphatic rings. The molecule has 0 saturated heterocycles. The predicted octanol–water partition coefficient (Wildman–Crippen LogP) is 4.86. The zero-order valence-corrected chi connectivity index (χ0v) is 16.5. The molecule has 1 heterocycles. The van der Waals surface area contributed by atoms with Crippen LogP contribution in [0.4, 0.5) is 30.6 Å². The van der Waals surface area contributed by atoms with Crippen molar-refractivity contribution in [3.05, 3.63) is 76.4 Å². The number of benzene rings is 2. The summed E-state index contributed by atoms with van der Waals surface area (Å²) < 4.78 is 40.1. The summed E-state index contributed by atoms with van der Waals surface area (Å²) in [5.74, 6) is -0.655. The van der Waals surface area contributed by atoms with Gasteiger partial charge in [-0.3, -0.25) is 4.79 Å². The first kappa shape index (κ1) is 21.4. The number of hydrogen-bond acceptors (Lipinski definition) is 5. The van der Waals surface area contributed by atoms with Gasteiger partial charge in [-0.1, -0.05) is 29.8 Å². The Labute approximate surface area is 175 Å². The predicted molar refractivity (Wildman–Crippen MR) is 109 cm³/mol. The average Bonchev–Trinajstić information content (AvgIpc) is 2.72. The topological polar surface area (TPSA) is 78.9 Å².